The number of carbonyl (C=O) groups is 1. The summed E-state index contributed by atoms with van der Waals surface area (Å²) >= 11 is 0. The van der Waals surface area contributed by atoms with Gasteiger partial charge in [-0.3, -0.25) is 9.35 Å². The summed E-state index contributed by atoms with van der Waals surface area (Å²) in [6, 6.07) is 0. The number of rotatable bonds is 6. The van der Waals surface area contributed by atoms with Gasteiger partial charge in [-0.15, -0.1) is 0 Å². The van der Waals surface area contributed by atoms with Crippen LogP contribution in [0, 0.1) is 0 Å². The van der Waals surface area contributed by atoms with Crippen molar-refractivity contribution in [3.63, 3.8) is 0 Å². The van der Waals surface area contributed by atoms with Crippen molar-refractivity contribution in [2.24, 2.45) is 5.73 Å². The van der Waals surface area contributed by atoms with Crippen LogP contribution in [0.3, 0.4) is 0 Å². The van der Waals surface area contributed by atoms with Gasteiger partial charge in [0.2, 0.25) is 0 Å². The SMILES string of the molecule is CCCC(=O)OC(CN)CS(=O)(=O)O. The van der Waals surface area contributed by atoms with Gasteiger partial charge in [0.25, 0.3) is 10.1 Å². The van der Waals surface area contributed by atoms with Gasteiger partial charge in [0.15, 0.2) is 0 Å². The highest BCUT2D eigenvalue weighted by atomic mass is 32.2. The molecule has 0 aromatic carbocycles. The van der Waals surface area contributed by atoms with Crippen molar-refractivity contribution in [2.45, 2.75) is 25.9 Å². The lowest BCUT2D eigenvalue weighted by Gasteiger charge is -2.13. The molecule has 0 bridgehead atoms. The molecule has 0 aromatic heterocycles. The van der Waals surface area contributed by atoms with Crippen LogP contribution >= 0.6 is 0 Å². The van der Waals surface area contributed by atoms with E-state index in [4.69, 9.17) is 15.0 Å². The van der Waals surface area contributed by atoms with E-state index in [1.165, 1.54) is 0 Å². The zero-order valence-corrected chi connectivity index (χ0v) is 8.79. The van der Waals surface area contributed by atoms with Gasteiger partial charge in [-0.05, 0) is 6.42 Å². The lowest BCUT2D eigenvalue weighted by molar-refractivity contribution is -0.147. The van der Waals surface area contributed by atoms with E-state index in [0.29, 0.717) is 6.42 Å². The molecule has 7 heteroatoms. The smallest absolute Gasteiger partial charge is 0.306 e. The predicted molar refractivity (Wildman–Crippen MR) is 50.3 cm³/mol. The van der Waals surface area contributed by atoms with Crippen LogP contribution in [0.15, 0.2) is 0 Å². The van der Waals surface area contributed by atoms with Crippen LogP contribution in [0.4, 0.5) is 0 Å². The maximum atomic E-state index is 10.9. The summed E-state index contributed by atoms with van der Waals surface area (Å²) in [5.74, 6) is -1.16. The zero-order valence-electron chi connectivity index (χ0n) is 7.97. The van der Waals surface area contributed by atoms with Crippen LogP contribution in [0.5, 0.6) is 0 Å². The third-order valence-electron chi connectivity index (χ3n) is 1.41. The molecule has 0 radical (unpaired) electrons. The lowest BCUT2D eigenvalue weighted by Crippen LogP contribution is -2.33. The largest absolute Gasteiger partial charge is 0.460 e. The molecule has 1 atom stereocenters. The van der Waals surface area contributed by atoms with Crippen molar-refractivity contribution in [2.75, 3.05) is 12.3 Å². The second-order valence-corrected chi connectivity index (χ2v) is 4.34. The van der Waals surface area contributed by atoms with Crippen molar-refractivity contribution < 1.29 is 22.5 Å². The number of ether oxygens (including phenoxy) is 1. The van der Waals surface area contributed by atoms with E-state index in [2.05, 4.69) is 0 Å². The van der Waals surface area contributed by atoms with Gasteiger partial charge in [-0.25, -0.2) is 0 Å². The Hall–Kier alpha value is -0.660. The van der Waals surface area contributed by atoms with Gasteiger partial charge in [0, 0.05) is 13.0 Å². The second kappa shape index (κ2) is 5.94. The standard InChI is InChI=1S/C7H15NO5S/c1-2-3-7(9)13-6(4-8)5-14(10,11)12/h6H,2-5,8H2,1H3,(H,10,11,12). The summed E-state index contributed by atoms with van der Waals surface area (Å²) < 4.78 is 34.1. The molecule has 0 amide bonds. The fraction of sp³-hybridized carbons (Fsp3) is 0.857. The molecule has 0 aliphatic heterocycles. The van der Waals surface area contributed by atoms with Gasteiger partial charge in [-0.2, -0.15) is 8.42 Å². The van der Waals surface area contributed by atoms with Crippen LogP contribution in [0.25, 0.3) is 0 Å². The summed E-state index contributed by atoms with van der Waals surface area (Å²) in [5, 5.41) is 0. The first-order chi connectivity index (χ1) is 6.39. The van der Waals surface area contributed by atoms with Crippen molar-refractivity contribution in [3.05, 3.63) is 0 Å². The minimum atomic E-state index is -4.15. The molecule has 6 nitrogen and oxygen atoms in total. The Bertz CT molecular complexity index is 274. The fourth-order valence-corrected chi connectivity index (χ4v) is 1.51. The Labute approximate surface area is 83.2 Å². The topological polar surface area (TPSA) is 107 Å². The molecule has 1 unspecified atom stereocenters. The minimum absolute atomic E-state index is 0.130. The molecule has 84 valence electrons. The summed E-state index contributed by atoms with van der Waals surface area (Å²) in [7, 11) is -4.15. The third kappa shape index (κ3) is 6.81. The van der Waals surface area contributed by atoms with Gasteiger partial charge in [0.1, 0.15) is 11.9 Å². The summed E-state index contributed by atoms with van der Waals surface area (Å²) in [4.78, 5) is 10.9. The number of hydrogen-bond donors (Lipinski definition) is 2. The monoisotopic (exact) mass is 225 g/mol. The Kier molecular flexibility index (Phi) is 5.66. The molecule has 0 aromatic rings. The highest BCUT2D eigenvalue weighted by Gasteiger charge is 2.19. The van der Waals surface area contributed by atoms with E-state index in [9.17, 15) is 13.2 Å². The van der Waals surface area contributed by atoms with Gasteiger partial charge in [-0.1, -0.05) is 6.92 Å². The van der Waals surface area contributed by atoms with Crippen molar-refractivity contribution in [1.29, 1.82) is 0 Å². The summed E-state index contributed by atoms with van der Waals surface area (Å²) in [6.45, 7) is 1.66. The highest BCUT2D eigenvalue weighted by Crippen LogP contribution is 1.99. The summed E-state index contributed by atoms with van der Waals surface area (Å²) in [6.07, 6.45) is -0.145. The normalized spacial score (nSPS) is 13.6. The molecular formula is C7H15NO5S. The Morgan fingerprint density at radius 2 is 2.14 bits per heavy atom. The Morgan fingerprint density at radius 1 is 1.57 bits per heavy atom. The molecule has 0 heterocycles. The number of nitrogens with two attached hydrogens (primary N) is 1. The molecule has 0 aliphatic rings. The first-order valence-electron chi connectivity index (χ1n) is 4.23. The second-order valence-electron chi connectivity index (χ2n) is 2.85. The predicted octanol–water partition coefficient (Wildman–Crippen LogP) is -0.455. The van der Waals surface area contributed by atoms with E-state index in [1.54, 1.807) is 6.92 Å². The molecular weight excluding hydrogens is 210 g/mol. The van der Waals surface area contributed by atoms with E-state index >= 15 is 0 Å². The minimum Gasteiger partial charge on any atom is -0.460 e. The molecule has 0 spiro atoms. The fourth-order valence-electron chi connectivity index (χ4n) is 0.834. The number of hydrogen-bond acceptors (Lipinski definition) is 5. The third-order valence-corrected chi connectivity index (χ3v) is 2.20. The van der Waals surface area contributed by atoms with Crippen LogP contribution < -0.4 is 5.73 Å². The molecule has 0 fully saturated rings. The van der Waals surface area contributed by atoms with Crippen LogP contribution in [0.2, 0.25) is 0 Å². The number of esters is 1. The lowest BCUT2D eigenvalue weighted by atomic mass is 10.3. The first kappa shape index (κ1) is 13.3. The average molecular weight is 225 g/mol. The zero-order chi connectivity index (χ0) is 11.2. The molecule has 0 saturated heterocycles. The van der Waals surface area contributed by atoms with Crippen LogP contribution in [0.1, 0.15) is 19.8 Å². The van der Waals surface area contributed by atoms with Crippen molar-refractivity contribution >= 4 is 16.1 Å². The van der Waals surface area contributed by atoms with Gasteiger partial charge in [0.05, 0.1) is 0 Å². The van der Waals surface area contributed by atoms with Crippen molar-refractivity contribution in [3.8, 4) is 0 Å². The average Bonchev–Trinajstić information content (AvgIpc) is 2.01. The van der Waals surface area contributed by atoms with Crippen molar-refractivity contribution in [1.82, 2.24) is 0 Å². The Morgan fingerprint density at radius 3 is 2.50 bits per heavy atom. The molecule has 14 heavy (non-hydrogen) atoms. The Balaban J connectivity index is 4.10. The molecule has 0 rings (SSSR count). The van der Waals surface area contributed by atoms with Gasteiger partial charge >= 0.3 is 5.97 Å². The van der Waals surface area contributed by atoms with Gasteiger partial charge < -0.3 is 10.5 Å². The molecule has 0 aliphatic carbocycles. The van der Waals surface area contributed by atoms with Crippen LogP contribution in [-0.4, -0.2) is 37.3 Å². The van der Waals surface area contributed by atoms with E-state index in [1.807, 2.05) is 0 Å². The highest BCUT2D eigenvalue weighted by molar-refractivity contribution is 7.85. The number of carbonyl (C=O) groups excluding carboxylic acids is 1. The van der Waals surface area contributed by atoms with E-state index < -0.39 is 27.9 Å². The summed E-state index contributed by atoms with van der Waals surface area (Å²) in [5.41, 5.74) is 5.17. The maximum Gasteiger partial charge on any atom is 0.306 e. The van der Waals surface area contributed by atoms with Crippen LogP contribution in [-0.2, 0) is 19.6 Å². The molecule has 0 saturated carbocycles. The van der Waals surface area contributed by atoms with E-state index in [-0.39, 0.29) is 13.0 Å². The van der Waals surface area contributed by atoms with E-state index in [0.717, 1.165) is 0 Å². The maximum absolute atomic E-state index is 10.9. The first-order valence-corrected chi connectivity index (χ1v) is 5.84. The quantitative estimate of drug-likeness (QED) is 0.468. The molecule has 3 N–H and O–H groups in total.